The van der Waals surface area contributed by atoms with Crippen molar-refractivity contribution in [1.82, 2.24) is 24.9 Å². The summed E-state index contributed by atoms with van der Waals surface area (Å²) in [6.45, 7) is 3.80. The zero-order valence-electron chi connectivity index (χ0n) is 15.6. The summed E-state index contributed by atoms with van der Waals surface area (Å²) in [6, 6.07) is 13.6. The van der Waals surface area contributed by atoms with Crippen molar-refractivity contribution in [2.24, 2.45) is 0 Å². The molecule has 0 fully saturated rings. The average Bonchev–Trinajstić information content (AvgIpc) is 2.72. The Morgan fingerprint density at radius 2 is 1.79 bits per heavy atom. The van der Waals surface area contributed by atoms with Crippen molar-refractivity contribution >= 4 is 16.9 Å². The van der Waals surface area contributed by atoms with Gasteiger partial charge in [-0.25, -0.2) is 24.9 Å². The molecule has 0 radical (unpaired) electrons. The third-order valence-corrected chi connectivity index (χ3v) is 4.25. The van der Waals surface area contributed by atoms with Gasteiger partial charge in [-0.15, -0.1) is 0 Å². The van der Waals surface area contributed by atoms with E-state index in [1.807, 2.05) is 50.2 Å². The van der Waals surface area contributed by atoms with E-state index in [9.17, 15) is 0 Å². The van der Waals surface area contributed by atoms with Gasteiger partial charge in [0, 0.05) is 23.5 Å². The molecule has 1 atom stereocenters. The van der Waals surface area contributed by atoms with Crippen molar-refractivity contribution in [3.05, 3.63) is 72.1 Å². The summed E-state index contributed by atoms with van der Waals surface area (Å²) in [5, 5.41) is 0. The zero-order valence-corrected chi connectivity index (χ0v) is 15.6. The quantitative estimate of drug-likeness (QED) is 0.546. The molecular formula is C22H18N6. The molecule has 0 spiro atoms. The van der Waals surface area contributed by atoms with Crippen LogP contribution in [0.3, 0.4) is 0 Å². The first-order valence-electron chi connectivity index (χ1n) is 8.90. The monoisotopic (exact) mass is 366 g/mol. The number of aromatic nitrogens is 5. The molecule has 4 rings (SSSR count). The first-order chi connectivity index (χ1) is 13.6. The summed E-state index contributed by atoms with van der Waals surface area (Å²) in [6.07, 6.45) is 3.45. The van der Waals surface area contributed by atoms with E-state index in [2.05, 4.69) is 36.8 Å². The van der Waals surface area contributed by atoms with Crippen LogP contribution in [0.15, 0.2) is 54.9 Å². The van der Waals surface area contributed by atoms with Crippen LogP contribution in [0.4, 0.5) is 5.82 Å². The fourth-order valence-corrected chi connectivity index (χ4v) is 2.86. The number of nitrogens with zero attached hydrogens (tertiary/aromatic N) is 5. The highest BCUT2D eigenvalue weighted by atomic mass is 15.0. The van der Waals surface area contributed by atoms with Crippen LogP contribution in [0, 0.1) is 18.8 Å². The second kappa shape index (κ2) is 7.41. The predicted molar refractivity (Wildman–Crippen MR) is 109 cm³/mol. The molecule has 6 nitrogen and oxygen atoms in total. The van der Waals surface area contributed by atoms with Crippen molar-refractivity contribution in [2.45, 2.75) is 19.8 Å². The van der Waals surface area contributed by atoms with E-state index in [-0.39, 0.29) is 5.92 Å². The molecule has 0 aliphatic carbocycles. The Morgan fingerprint density at radius 1 is 0.964 bits per heavy atom. The average molecular weight is 366 g/mol. The standard InChI is InChI=1S/C22H18N6/c1-14(22-24-11-4-12-25-22)7-8-16-5-3-6-17(13-16)18-9-10-19-20(28-18)21(23)27-15(2)26-19/h3-6,9-14H,1-2H3,(H2,23,26,27)/t14-/m0/s1. The maximum absolute atomic E-state index is 6.02. The van der Waals surface area contributed by atoms with Gasteiger partial charge in [0.05, 0.1) is 17.1 Å². The van der Waals surface area contributed by atoms with Crippen LogP contribution in [0.2, 0.25) is 0 Å². The van der Waals surface area contributed by atoms with Gasteiger partial charge in [-0.05, 0) is 44.2 Å². The van der Waals surface area contributed by atoms with Crippen molar-refractivity contribution in [3.63, 3.8) is 0 Å². The Balaban J connectivity index is 1.66. The lowest BCUT2D eigenvalue weighted by atomic mass is 10.1. The summed E-state index contributed by atoms with van der Waals surface area (Å²) < 4.78 is 0. The van der Waals surface area contributed by atoms with Crippen molar-refractivity contribution in [3.8, 4) is 23.1 Å². The van der Waals surface area contributed by atoms with Gasteiger partial charge in [-0.3, -0.25) is 0 Å². The zero-order chi connectivity index (χ0) is 19.5. The van der Waals surface area contributed by atoms with E-state index in [4.69, 9.17) is 5.73 Å². The van der Waals surface area contributed by atoms with Crippen LogP contribution in [-0.2, 0) is 0 Å². The Bertz CT molecular complexity index is 1210. The maximum atomic E-state index is 6.02. The number of fused-ring (bicyclic) bond motifs is 1. The number of hydrogen-bond donors (Lipinski definition) is 1. The molecule has 0 aliphatic rings. The molecule has 0 amide bonds. The fraction of sp³-hybridized carbons (Fsp3) is 0.136. The van der Waals surface area contributed by atoms with Gasteiger partial charge in [0.25, 0.3) is 0 Å². The van der Waals surface area contributed by atoms with E-state index in [1.165, 1.54) is 0 Å². The van der Waals surface area contributed by atoms with Crippen LogP contribution >= 0.6 is 0 Å². The molecule has 136 valence electrons. The third-order valence-electron chi connectivity index (χ3n) is 4.25. The van der Waals surface area contributed by atoms with Crippen LogP contribution in [0.1, 0.15) is 30.1 Å². The van der Waals surface area contributed by atoms with Crippen molar-refractivity contribution in [2.75, 3.05) is 5.73 Å². The molecule has 2 N–H and O–H groups in total. The number of rotatable bonds is 2. The number of aryl methyl sites for hydroxylation is 1. The molecule has 6 heteroatoms. The molecule has 1 aromatic carbocycles. The third kappa shape index (κ3) is 3.64. The van der Waals surface area contributed by atoms with Crippen molar-refractivity contribution < 1.29 is 0 Å². The van der Waals surface area contributed by atoms with Gasteiger partial charge in [0.2, 0.25) is 0 Å². The Labute approximate surface area is 162 Å². The first-order valence-corrected chi connectivity index (χ1v) is 8.90. The molecule has 0 unspecified atom stereocenters. The number of nitrogen functional groups attached to an aromatic ring is 1. The lowest BCUT2D eigenvalue weighted by molar-refractivity contribution is 0.864. The van der Waals surface area contributed by atoms with E-state index >= 15 is 0 Å². The number of pyridine rings is 1. The molecule has 4 aromatic rings. The van der Waals surface area contributed by atoms with Crippen LogP contribution < -0.4 is 5.73 Å². The second-order valence-corrected chi connectivity index (χ2v) is 6.40. The van der Waals surface area contributed by atoms with E-state index in [0.29, 0.717) is 23.0 Å². The summed E-state index contributed by atoms with van der Waals surface area (Å²) in [7, 11) is 0. The lowest BCUT2D eigenvalue weighted by Gasteiger charge is -2.06. The minimum absolute atomic E-state index is 0.0520. The highest BCUT2D eigenvalue weighted by Gasteiger charge is 2.08. The topological polar surface area (TPSA) is 90.5 Å². The number of hydrogen-bond acceptors (Lipinski definition) is 6. The van der Waals surface area contributed by atoms with Gasteiger partial charge in [0.1, 0.15) is 17.2 Å². The number of benzene rings is 1. The van der Waals surface area contributed by atoms with Crippen molar-refractivity contribution in [1.29, 1.82) is 0 Å². The highest BCUT2D eigenvalue weighted by molar-refractivity contribution is 5.86. The summed E-state index contributed by atoms with van der Waals surface area (Å²) >= 11 is 0. The molecule has 28 heavy (non-hydrogen) atoms. The second-order valence-electron chi connectivity index (χ2n) is 6.40. The Kier molecular flexibility index (Phi) is 4.65. The molecule has 3 aromatic heterocycles. The number of anilines is 1. The normalized spacial score (nSPS) is 11.6. The van der Waals surface area contributed by atoms with Gasteiger partial charge < -0.3 is 5.73 Å². The van der Waals surface area contributed by atoms with Gasteiger partial charge in [-0.2, -0.15) is 0 Å². The van der Waals surface area contributed by atoms with Crippen LogP contribution in [-0.4, -0.2) is 24.9 Å². The van der Waals surface area contributed by atoms with Crippen LogP contribution in [0.25, 0.3) is 22.3 Å². The minimum atomic E-state index is -0.0520. The summed E-state index contributed by atoms with van der Waals surface area (Å²) in [5.41, 5.74) is 10.0. The summed E-state index contributed by atoms with van der Waals surface area (Å²) in [5.74, 6) is 8.09. The Hall–Kier alpha value is -3.85. The molecule has 0 aliphatic heterocycles. The molecule has 3 heterocycles. The SMILES string of the molecule is Cc1nc(N)c2nc(-c3cccc(C#C[C@H](C)c4ncccn4)c3)ccc2n1. The van der Waals surface area contributed by atoms with E-state index < -0.39 is 0 Å². The van der Waals surface area contributed by atoms with Crippen LogP contribution in [0.5, 0.6) is 0 Å². The van der Waals surface area contributed by atoms with E-state index in [1.54, 1.807) is 18.5 Å². The smallest absolute Gasteiger partial charge is 0.153 e. The van der Waals surface area contributed by atoms with Gasteiger partial charge in [0.15, 0.2) is 5.82 Å². The minimum Gasteiger partial charge on any atom is -0.382 e. The van der Waals surface area contributed by atoms with Gasteiger partial charge >= 0.3 is 0 Å². The highest BCUT2D eigenvalue weighted by Crippen LogP contribution is 2.23. The molecular weight excluding hydrogens is 348 g/mol. The summed E-state index contributed by atoms with van der Waals surface area (Å²) in [4.78, 5) is 21.7. The first kappa shape index (κ1) is 17.6. The number of nitrogens with two attached hydrogens (primary N) is 1. The van der Waals surface area contributed by atoms with E-state index in [0.717, 1.165) is 22.3 Å². The largest absolute Gasteiger partial charge is 0.382 e. The predicted octanol–water partition coefficient (Wildman–Crippen LogP) is 3.53. The molecule has 0 saturated carbocycles. The molecule has 0 bridgehead atoms. The van der Waals surface area contributed by atoms with Gasteiger partial charge in [-0.1, -0.05) is 24.0 Å². The molecule has 0 saturated heterocycles. The Morgan fingerprint density at radius 3 is 2.61 bits per heavy atom. The lowest BCUT2D eigenvalue weighted by Crippen LogP contribution is -1.99. The maximum Gasteiger partial charge on any atom is 0.153 e. The fourth-order valence-electron chi connectivity index (χ4n) is 2.86.